The maximum absolute atomic E-state index is 14.1. The topological polar surface area (TPSA) is 254 Å². The van der Waals surface area contributed by atoms with Crippen LogP contribution in [0.15, 0.2) is 78.3 Å². The monoisotopic (exact) mass is 711 g/mol. The van der Waals surface area contributed by atoms with Gasteiger partial charge in [0.15, 0.2) is 5.96 Å². The molecule has 1 aliphatic rings. The summed E-state index contributed by atoms with van der Waals surface area (Å²) in [6, 6.07) is 12.4. The molecule has 2 aromatic carbocycles. The fraction of sp³-hybridized carbons (Fsp3) is 0.361. The Labute approximate surface area is 300 Å². The van der Waals surface area contributed by atoms with E-state index in [1.165, 1.54) is 6.33 Å². The molecule has 11 N–H and O–H groups in total. The first-order valence-electron chi connectivity index (χ1n) is 17.3. The molecular weight excluding hydrogens is 666 g/mol. The summed E-state index contributed by atoms with van der Waals surface area (Å²) in [5.41, 5.74) is 14.0. The van der Waals surface area contributed by atoms with E-state index in [0.29, 0.717) is 12.1 Å². The van der Waals surface area contributed by atoms with E-state index >= 15 is 0 Å². The summed E-state index contributed by atoms with van der Waals surface area (Å²) in [5, 5.41) is 15.0. The van der Waals surface area contributed by atoms with E-state index in [-0.39, 0.29) is 57.6 Å². The van der Waals surface area contributed by atoms with E-state index in [0.717, 1.165) is 22.0 Å². The van der Waals surface area contributed by atoms with Gasteiger partial charge in [-0.05, 0) is 36.5 Å². The van der Waals surface area contributed by atoms with Crippen molar-refractivity contribution >= 4 is 46.4 Å². The smallest absolute Gasteiger partial charge is 0.243 e. The zero-order valence-electron chi connectivity index (χ0n) is 28.7. The van der Waals surface area contributed by atoms with Crippen LogP contribution in [0, 0.1) is 0 Å². The highest BCUT2D eigenvalue weighted by atomic mass is 16.2. The van der Waals surface area contributed by atoms with Crippen LogP contribution in [0.4, 0.5) is 0 Å². The van der Waals surface area contributed by atoms with E-state index < -0.39 is 53.7 Å². The second-order valence-corrected chi connectivity index (χ2v) is 12.7. The minimum Gasteiger partial charge on any atom is -0.370 e. The molecule has 0 bridgehead atoms. The molecule has 1 saturated heterocycles. The number of benzene rings is 2. The highest BCUT2D eigenvalue weighted by Crippen LogP contribution is 2.19. The minimum absolute atomic E-state index is 0.0122. The number of hydrogen-bond donors (Lipinski definition) is 9. The van der Waals surface area contributed by atoms with Crippen molar-refractivity contribution in [2.75, 3.05) is 13.1 Å². The van der Waals surface area contributed by atoms with Gasteiger partial charge in [-0.3, -0.25) is 29.0 Å². The molecule has 5 amide bonds. The molecule has 52 heavy (non-hydrogen) atoms. The average Bonchev–Trinajstić information content (AvgIpc) is 3.80. The van der Waals surface area contributed by atoms with Gasteiger partial charge in [0.05, 0.1) is 6.33 Å². The standard InChI is InChI=1S/C36H45N11O5/c37-36(38)41-15-6-12-27-33(50)47-29(17-23-19-42-26-11-5-4-10-25(23)26)32(49)40-14-7-13-31(48)44-30(18-24-20-39-21-43-24)35(52)46-28(34(51)45-27)16-22-8-2-1-3-9-22/h1-5,8-11,19-21,27-30,42H,6-7,12-18H2,(H,39,43)(H,40,49)(H,44,48)(H,45,51)(H,46,52)(H,47,50)(H4,37,38,41)/t27-,28+,29-,30+/m0/s1. The number of aromatic nitrogens is 3. The Balaban J connectivity index is 1.46. The van der Waals surface area contributed by atoms with Crippen molar-refractivity contribution < 1.29 is 24.0 Å². The van der Waals surface area contributed by atoms with Gasteiger partial charge in [-0.2, -0.15) is 0 Å². The summed E-state index contributed by atoms with van der Waals surface area (Å²) in [6.45, 7) is 0.335. The number of aliphatic imine (C=N–C) groups is 1. The van der Waals surface area contributed by atoms with Crippen LogP contribution in [0.1, 0.15) is 42.5 Å². The molecule has 1 aliphatic heterocycles. The van der Waals surface area contributed by atoms with Gasteiger partial charge in [-0.15, -0.1) is 0 Å². The molecule has 0 radical (unpaired) electrons. The number of aromatic amines is 2. The normalized spacial score (nSPS) is 20.9. The Hall–Kier alpha value is -6.19. The lowest BCUT2D eigenvalue weighted by Gasteiger charge is -2.26. The molecule has 0 saturated carbocycles. The van der Waals surface area contributed by atoms with Crippen LogP contribution in [-0.4, -0.2) is 87.7 Å². The number of nitrogens with two attached hydrogens (primary N) is 2. The molecule has 0 spiro atoms. The van der Waals surface area contributed by atoms with Crippen LogP contribution in [0.5, 0.6) is 0 Å². The molecular formula is C36H45N11O5. The molecule has 16 nitrogen and oxygen atoms in total. The van der Waals surface area contributed by atoms with Crippen LogP contribution >= 0.6 is 0 Å². The van der Waals surface area contributed by atoms with Crippen LogP contribution in [0.25, 0.3) is 10.9 Å². The number of nitrogens with one attached hydrogen (secondary N) is 7. The Bertz CT molecular complexity index is 1850. The van der Waals surface area contributed by atoms with Crippen molar-refractivity contribution in [3.8, 4) is 0 Å². The van der Waals surface area contributed by atoms with Gasteiger partial charge in [-0.25, -0.2) is 4.98 Å². The SMILES string of the molecule is NC(N)=NCCC[C@@H]1NC(=O)[C@@H](Cc2ccccc2)NC(=O)[C@@H](Cc2cnc[nH]2)NC(=O)CCCNC(=O)[C@H](Cc2c[nH]c3ccccc23)NC1=O. The van der Waals surface area contributed by atoms with Gasteiger partial charge < -0.3 is 48.0 Å². The van der Waals surface area contributed by atoms with Crippen LogP contribution in [0.2, 0.25) is 0 Å². The van der Waals surface area contributed by atoms with E-state index in [1.807, 2.05) is 54.6 Å². The third-order valence-electron chi connectivity index (χ3n) is 8.74. The van der Waals surface area contributed by atoms with Gasteiger partial charge in [0.25, 0.3) is 0 Å². The first kappa shape index (κ1) is 37.1. The first-order chi connectivity index (χ1) is 25.2. The Kier molecular flexibility index (Phi) is 13.0. The third-order valence-corrected chi connectivity index (χ3v) is 8.74. The van der Waals surface area contributed by atoms with E-state index in [9.17, 15) is 24.0 Å². The number of guanidine groups is 1. The van der Waals surface area contributed by atoms with Crippen LogP contribution < -0.4 is 38.1 Å². The number of para-hydroxylation sites is 1. The lowest BCUT2D eigenvalue weighted by atomic mass is 10.0. The molecule has 16 heteroatoms. The molecule has 274 valence electrons. The summed E-state index contributed by atoms with van der Waals surface area (Å²) in [4.78, 5) is 82.8. The Morgan fingerprint density at radius 3 is 2.15 bits per heavy atom. The predicted molar refractivity (Wildman–Crippen MR) is 194 cm³/mol. The molecule has 4 aromatic rings. The van der Waals surface area contributed by atoms with Crippen molar-refractivity contribution in [2.45, 2.75) is 69.1 Å². The minimum atomic E-state index is -1.13. The maximum atomic E-state index is 14.1. The second kappa shape index (κ2) is 18.2. The Morgan fingerprint density at radius 2 is 1.42 bits per heavy atom. The van der Waals surface area contributed by atoms with Crippen molar-refractivity contribution in [1.29, 1.82) is 0 Å². The summed E-state index contributed by atoms with van der Waals surface area (Å²) in [6.07, 6.45) is 5.86. The number of imidazole rings is 1. The van der Waals surface area contributed by atoms with Crippen molar-refractivity contribution in [3.63, 3.8) is 0 Å². The van der Waals surface area contributed by atoms with E-state index in [2.05, 4.69) is 46.5 Å². The fourth-order valence-corrected chi connectivity index (χ4v) is 6.05. The summed E-state index contributed by atoms with van der Waals surface area (Å²) in [7, 11) is 0. The lowest BCUT2D eigenvalue weighted by molar-refractivity contribution is -0.134. The zero-order chi connectivity index (χ0) is 36.9. The number of hydrogen-bond acceptors (Lipinski definition) is 7. The molecule has 3 heterocycles. The average molecular weight is 712 g/mol. The lowest BCUT2D eigenvalue weighted by Crippen LogP contribution is -2.59. The highest BCUT2D eigenvalue weighted by molar-refractivity contribution is 5.96. The van der Waals surface area contributed by atoms with Gasteiger partial charge in [-0.1, -0.05) is 48.5 Å². The van der Waals surface area contributed by atoms with Gasteiger partial charge >= 0.3 is 0 Å². The van der Waals surface area contributed by atoms with E-state index in [4.69, 9.17) is 11.5 Å². The Morgan fingerprint density at radius 1 is 0.750 bits per heavy atom. The maximum Gasteiger partial charge on any atom is 0.243 e. The molecule has 0 aliphatic carbocycles. The largest absolute Gasteiger partial charge is 0.370 e. The van der Waals surface area contributed by atoms with Gasteiger partial charge in [0, 0.05) is 67.8 Å². The molecule has 2 aromatic heterocycles. The quantitative estimate of drug-likeness (QED) is 0.0605. The van der Waals surface area contributed by atoms with E-state index in [1.54, 1.807) is 12.4 Å². The highest BCUT2D eigenvalue weighted by Gasteiger charge is 2.32. The molecule has 5 rings (SSSR count). The summed E-state index contributed by atoms with van der Waals surface area (Å²) < 4.78 is 0. The van der Waals surface area contributed by atoms with Gasteiger partial charge in [0.1, 0.15) is 24.2 Å². The summed E-state index contributed by atoms with van der Waals surface area (Å²) >= 11 is 0. The molecule has 0 unspecified atom stereocenters. The predicted octanol–water partition coefficient (Wildman–Crippen LogP) is -0.178. The first-order valence-corrected chi connectivity index (χ1v) is 17.3. The fourth-order valence-electron chi connectivity index (χ4n) is 6.05. The third kappa shape index (κ3) is 10.7. The number of carbonyl (C=O) groups is 5. The second-order valence-electron chi connectivity index (χ2n) is 12.7. The van der Waals surface area contributed by atoms with Crippen LogP contribution in [-0.2, 0) is 43.2 Å². The number of amides is 5. The summed E-state index contributed by atoms with van der Waals surface area (Å²) in [5.74, 6) is -2.80. The van der Waals surface area contributed by atoms with Crippen molar-refractivity contribution in [3.05, 3.63) is 90.1 Å². The number of carbonyl (C=O) groups excluding carboxylic acids is 5. The number of fused-ring (bicyclic) bond motifs is 1. The molecule has 1 fully saturated rings. The number of nitrogens with zero attached hydrogens (tertiary/aromatic N) is 2. The molecule has 4 atom stereocenters. The van der Waals surface area contributed by atoms with Crippen LogP contribution in [0.3, 0.4) is 0 Å². The number of H-pyrrole nitrogens is 2. The zero-order valence-corrected chi connectivity index (χ0v) is 28.7. The number of rotatable bonds is 10. The van der Waals surface area contributed by atoms with Gasteiger partial charge in [0.2, 0.25) is 29.5 Å². The van der Waals surface area contributed by atoms with Crippen molar-refractivity contribution in [1.82, 2.24) is 41.5 Å². The van der Waals surface area contributed by atoms with Crippen molar-refractivity contribution in [2.24, 2.45) is 16.5 Å².